The first-order valence-corrected chi connectivity index (χ1v) is 10.2. The van der Waals surface area contributed by atoms with E-state index in [1.165, 1.54) is 19.4 Å². The van der Waals surface area contributed by atoms with Gasteiger partial charge in [0.25, 0.3) is 0 Å². The molecule has 0 bridgehead atoms. The summed E-state index contributed by atoms with van der Waals surface area (Å²) >= 11 is 13.1. The van der Waals surface area contributed by atoms with Crippen molar-refractivity contribution in [3.8, 4) is 11.5 Å². The maximum absolute atomic E-state index is 12.3. The van der Waals surface area contributed by atoms with Crippen LogP contribution in [0.5, 0.6) is 11.5 Å². The van der Waals surface area contributed by atoms with E-state index in [2.05, 4.69) is 20.8 Å². The number of carbonyl (C=O) groups is 2. The van der Waals surface area contributed by atoms with Gasteiger partial charge in [0, 0.05) is 6.42 Å². The monoisotopic (exact) mass is 466 g/mol. The molecule has 2 aromatic rings. The van der Waals surface area contributed by atoms with Gasteiger partial charge < -0.3 is 20.5 Å². The fourth-order valence-corrected chi connectivity index (χ4v) is 3.75. The molecular formula is C19H16Cl2N4O4S. The standard InChI is InChI=1S/C19H16Cl2N4O4S/c1-29-14-7-10(5-6-13(14)26)9-22-25-19-24-18(28)15(30-19)8-16(27)23-12-4-2-3-11(20)17(12)21/h2-7,9,15,26H,8H2,1H3,(H,23,27)(H,24,25,28)/b22-9-/t15-/m0/s1. The predicted molar refractivity (Wildman–Crippen MR) is 119 cm³/mol. The van der Waals surface area contributed by atoms with E-state index in [0.29, 0.717) is 22.0 Å². The molecule has 1 heterocycles. The number of phenols is 1. The number of carbonyl (C=O) groups excluding carboxylic acids is 2. The maximum Gasteiger partial charge on any atom is 0.240 e. The molecule has 1 fully saturated rings. The highest BCUT2D eigenvalue weighted by Crippen LogP contribution is 2.30. The SMILES string of the molecule is COc1cc(/C=N\N=C2/NC(=O)[C@H](CC(=O)Nc3cccc(Cl)c3Cl)S2)ccc1O. The quantitative estimate of drug-likeness (QED) is 0.444. The summed E-state index contributed by atoms with van der Waals surface area (Å²) in [6, 6.07) is 9.59. The number of amides is 2. The molecule has 0 spiro atoms. The number of methoxy groups -OCH3 is 1. The van der Waals surface area contributed by atoms with E-state index < -0.39 is 5.25 Å². The fraction of sp³-hybridized carbons (Fsp3) is 0.158. The van der Waals surface area contributed by atoms with Crippen LogP contribution in [0.3, 0.4) is 0 Å². The van der Waals surface area contributed by atoms with E-state index in [1.807, 2.05) is 0 Å². The van der Waals surface area contributed by atoms with Crippen molar-refractivity contribution < 1.29 is 19.4 Å². The second-order valence-corrected chi connectivity index (χ2v) is 8.01. The lowest BCUT2D eigenvalue weighted by atomic mass is 10.2. The molecule has 0 unspecified atom stereocenters. The number of rotatable bonds is 6. The molecule has 2 amide bonds. The maximum atomic E-state index is 12.3. The molecular weight excluding hydrogens is 451 g/mol. The van der Waals surface area contributed by atoms with Gasteiger partial charge in [0.15, 0.2) is 16.7 Å². The predicted octanol–water partition coefficient (Wildman–Crippen LogP) is 3.66. The number of nitrogens with zero attached hydrogens (tertiary/aromatic N) is 2. The molecule has 0 aliphatic carbocycles. The Morgan fingerprint density at radius 3 is 2.93 bits per heavy atom. The van der Waals surface area contributed by atoms with E-state index in [1.54, 1.807) is 30.3 Å². The molecule has 156 valence electrons. The second-order valence-electron chi connectivity index (χ2n) is 6.03. The lowest BCUT2D eigenvalue weighted by Gasteiger charge is -2.09. The van der Waals surface area contributed by atoms with Crippen LogP contribution in [0, 0.1) is 0 Å². The fourth-order valence-electron chi connectivity index (χ4n) is 2.48. The molecule has 2 aromatic carbocycles. The summed E-state index contributed by atoms with van der Waals surface area (Å²) in [5, 5.41) is 22.9. The van der Waals surface area contributed by atoms with Gasteiger partial charge in [-0.2, -0.15) is 5.10 Å². The van der Waals surface area contributed by atoms with Gasteiger partial charge in [0.05, 0.1) is 29.1 Å². The number of hydrogen-bond acceptors (Lipinski definition) is 7. The molecule has 11 heteroatoms. The molecule has 3 rings (SSSR count). The summed E-state index contributed by atoms with van der Waals surface area (Å²) in [5.41, 5.74) is 1.03. The van der Waals surface area contributed by atoms with Crippen molar-refractivity contribution in [2.45, 2.75) is 11.7 Å². The first-order chi connectivity index (χ1) is 14.4. The number of benzene rings is 2. The van der Waals surface area contributed by atoms with E-state index in [4.69, 9.17) is 27.9 Å². The van der Waals surface area contributed by atoms with Gasteiger partial charge in [-0.1, -0.05) is 41.0 Å². The highest BCUT2D eigenvalue weighted by atomic mass is 35.5. The summed E-state index contributed by atoms with van der Waals surface area (Å²) in [6.07, 6.45) is 1.38. The lowest BCUT2D eigenvalue weighted by molar-refractivity contribution is -0.122. The van der Waals surface area contributed by atoms with Crippen LogP contribution in [0.1, 0.15) is 12.0 Å². The third-order valence-electron chi connectivity index (χ3n) is 3.93. The number of ether oxygens (including phenoxy) is 1. The minimum absolute atomic E-state index is 0.0137. The molecule has 0 aromatic heterocycles. The molecule has 1 saturated heterocycles. The zero-order valence-corrected chi connectivity index (χ0v) is 17.9. The van der Waals surface area contributed by atoms with Crippen molar-refractivity contribution in [1.29, 1.82) is 0 Å². The third kappa shape index (κ3) is 5.44. The molecule has 3 N–H and O–H groups in total. The van der Waals surface area contributed by atoms with Gasteiger partial charge in [0.1, 0.15) is 5.25 Å². The van der Waals surface area contributed by atoms with Crippen LogP contribution >= 0.6 is 35.0 Å². The van der Waals surface area contributed by atoms with E-state index in [0.717, 1.165) is 11.8 Å². The number of halogens is 2. The molecule has 8 nitrogen and oxygen atoms in total. The van der Waals surface area contributed by atoms with E-state index >= 15 is 0 Å². The number of anilines is 1. The Kier molecular flexibility index (Phi) is 7.20. The normalized spacial score (nSPS) is 17.4. The Bertz CT molecular complexity index is 1050. The average Bonchev–Trinajstić information content (AvgIpc) is 3.05. The van der Waals surface area contributed by atoms with E-state index in [-0.39, 0.29) is 34.2 Å². The summed E-state index contributed by atoms with van der Waals surface area (Å²) in [5.74, 6) is -0.402. The highest BCUT2D eigenvalue weighted by molar-refractivity contribution is 8.15. The zero-order valence-electron chi connectivity index (χ0n) is 15.6. The van der Waals surface area contributed by atoms with Gasteiger partial charge in [-0.25, -0.2) is 0 Å². The summed E-state index contributed by atoms with van der Waals surface area (Å²) in [6.45, 7) is 0. The van der Waals surface area contributed by atoms with Crippen LogP contribution in [-0.4, -0.2) is 40.7 Å². The number of aromatic hydroxyl groups is 1. The lowest BCUT2D eigenvalue weighted by Crippen LogP contribution is -2.28. The molecule has 0 radical (unpaired) electrons. The summed E-state index contributed by atoms with van der Waals surface area (Å²) in [4.78, 5) is 24.4. The van der Waals surface area contributed by atoms with Crippen LogP contribution in [-0.2, 0) is 9.59 Å². The largest absolute Gasteiger partial charge is 0.504 e. The smallest absolute Gasteiger partial charge is 0.240 e. The Labute approximate surface area is 186 Å². The van der Waals surface area contributed by atoms with Crippen molar-refractivity contribution in [2.24, 2.45) is 10.2 Å². The van der Waals surface area contributed by atoms with Crippen LogP contribution in [0.15, 0.2) is 46.6 Å². The Hall–Kier alpha value is -2.75. The second kappa shape index (κ2) is 9.84. The van der Waals surface area contributed by atoms with Gasteiger partial charge in [-0.05, 0) is 35.9 Å². The van der Waals surface area contributed by atoms with Crippen molar-refractivity contribution >= 4 is 63.8 Å². The molecule has 1 aliphatic rings. The number of hydrogen-bond donors (Lipinski definition) is 3. The van der Waals surface area contributed by atoms with Gasteiger partial charge in [0.2, 0.25) is 11.8 Å². The third-order valence-corrected chi connectivity index (χ3v) is 5.82. The molecule has 1 atom stereocenters. The Balaban J connectivity index is 1.59. The molecule has 1 aliphatic heterocycles. The first-order valence-electron chi connectivity index (χ1n) is 8.57. The number of amidine groups is 1. The summed E-state index contributed by atoms with van der Waals surface area (Å²) in [7, 11) is 1.44. The average molecular weight is 467 g/mol. The number of nitrogens with one attached hydrogen (secondary N) is 2. The van der Waals surface area contributed by atoms with Crippen LogP contribution in [0.4, 0.5) is 5.69 Å². The minimum Gasteiger partial charge on any atom is -0.504 e. The van der Waals surface area contributed by atoms with Crippen molar-refractivity contribution in [2.75, 3.05) is 12.4 Å². The minimum atomic E-state index is -0.648. The first kappa shape index (κ1) is 21.9. The molecule has 30 heavy (non-hydrogen) atoms. The van der Waals surface area contributed by atoms with Crippen molar-refractivity contribution in [1.82, 2.24) is 5.32 Å². The number of thioether (sulfide) groups is 1. The van der Waals surface area contributed by atoms with Crippen LogP contribution in [0.25, 0.3) is 0 Å². The van der Waals surface area contributed by atoms with Crippen molar-refractivity contribution in [3.05, 3.63) is 52.0 Å². The van der Waals surface area contributed by atoms with Gasteiger partial charge in [-0.15, -0.1) is 5.10 Å². The zero-order chi connectivity index (χ0) is 21.7. The van der Waals surface area contributed by atoms with Crippen LogP contribution < -0.4 is 15.4 Å². The van der Waals surface area contributed by atoms with Crippen molar-refractivity contribution in [3.63, 3.8) is 0 Å². The summed E-state index contributed by atoms with van der Waals surface area (Å²) < 4.78 is 5.02. The van der Waals surface area contributed by atoms with Gasteiger partial charge in [-0.3, -0.25) is 9.59 Å². The van der Waals surface area contributed by atoms with Crippen LogP contribution in [0.2, 0.25) is 10.0 Å². The topological polar surface area (TPSA) is 112 Å². The Morgan fingerprint density at radius 2 is 2.17 bits per heavy atom. The van der Waals surface area contributed by atoms with Gasteiger partial charge >= 0.3 is 0 Å². The van der Waals surface area contributed by atoms with E-state index in [9.17, 15) is 14.7 Å². The molecule has 0 saturated carbocycles. The highest BCUT2D eigenvalue weighted by Gasteiger charge is 2.32. The number of phenolic OH excluding ortho intramolecular Hbond substituents is 1. The Morgan fingerprint density at radius 1 is 1.37 bits per heavy atom.